The van der Waals surface area contributed by atoms with Crippen molar-refractivity contribution in [1.29, 1.82) is 0 Å². The van der Waals surface area contributed by atoms with Gasteiger partial charge in [-0.3, -0.25) is 0 Å². The van der Waals surface area contributed by atoms with Gasteiger partial charge in [-0.15, -0.1) is 0 Å². The molecule has 0 bridgehead atoms. The minimum atomic E-state index is -0.439. The summed E-state index contributed by atoms with van der Waals surface area (Å²) in [5.74, 6) is 0.175. The average molecular weight is 248 g/mol. The fraction of sp³-hybridized carbons (Fsp3) is 0.0833. The van der Waals surface area contributed by atoms with Crippen LogP contribution in [0.15, 0.2) is 36.5 Å². The van der Waals surface area contributed by atoms with Crippen molar-refractivity contribution in [3.05, 3.63) is 47.6 Å². The van der Waals surface area contributed by atoms with Gasteiger partial charge in [0.05, 0.1) is 7.11 Å². The lowest BCUT2D eigenvalue weighted by Crippen LogP contribution is -1.96. The molecule has 6 heteroatoms. The zero-order valence-corrected chi connectivity index (χ0v) is 9.61. The van der Waals surface area contributed by atoms with Crippen molar-refractivity contribution in [1.82, 2.24) is 4.98 Å². The van der Waals surface area contributed by atoms with Gasteiger partial charge in [-0.05, 0) is 18.2 Å². The number of nitrogens with one attached hydrogen (secondary N) is 2. The first-order chi connectivity index (χ1) is 8.72. The fourth-order valence-corrected chi connectivity index (χ4v) is 1.45. The Balaban J connectivity index is 2.22. The van der Waals surface area contributed by atoms with Crippen LogP contribution in [0.1, 0.15) is 0 Å². The summed E-state index contributed by atoms with van der Waals surface area (Å²) in [6.07, 6.45) is 1.49. The molecule has 0 atom stereocenters. The number of benzene rings is 1. The van der Waals surface area contributed by atoms with E-state index in [1.54, 1.807) is 23.7 Å². The van der Waals surface area contributed by atoms with Crippen LogP contribution in [0.5, 0.6) is 5.75 Å². The van der Waals surface area contributed by atoms with E-state index in [4.69, 9.17) is 4.74 Å². The van der Waals surface area contributed by atoms with Crippen LogP contribution in [0.25, 0.3) is 0 Å². The Hall–Kier alpha value is -2.34. The molecule has 0 saturated carbocycles. The molecule has 2 aromatic rings. The Bertz CT molecular complexity index is 549. The van der Waals surface area contributed by atoms with Crippen molar-refractivity contribution in [2.45, 2.75) is 0 Å². The fourth-order valence-electron chi connectivity index (χ4n) is 1.45. The molecule has 2 N–H and O–H groups in total. The molecule has 0 unspecified atom stereocenters. The Kier molecular flexibility index (Phi) is 3.59. The van der Waals surface area contributed by atoms with Crippen LogP contribution in [0.3, 0.4) is 0 Å². The quantitative estimate of drug-likeness (QED) is 0.814. The summed E-state index contributed by atoms with van der Waals surface area (Å²) in [7, 11) is 1.39. The molecule has 0 fully saturated rings. The lowest BCUT2D eigenvalue weighted by molar-refractivity contribution is 0.387. The first-order valence-electron chi connectivity index (χ1n) is 5.17. The molecule has 1 heterocycles. The molecule has 1 aromatic heterocycles. The second-order valence-corrected chi connectivity index (χ2v) is 3.51. The van der Waals surface area contributed by atoms with Gasteiger partial charge in [0, 0.05) is 29.7 Å². The van der Waals surface area contributed by atoms with Crippen LogP contribution in [-0.2, 0) is 0 Å². The number of hydrogen-bond donors (Lipinski definition) is 2. The number of methoxy groups -OCH3 is 1. The van der Waals surface area contributed by atoms with Gasteiger partial charge in [0.1, 0.15) is 5.82 Å². The number of ether oxygens (including phenoxy) is 1. The van der Waals surface area contributed by atoms with Gasteiger partial charge in [0.25, 0.3) is 0 Å². The van der Waals surface area contributed by atoms with Gasteiger partial charge in [-0.2, -0.15) is 0 Å². The van der Waals surface area contributed by atoms with Crippen LogP contribution in [0, 0.1) is 11.0 Å². The maximum absolute atomic E-state index is 13.2. The number of anilines is 3. The Labute approximate surface area is 103 Å². The standard InChI is InChI=1S/C12H11FN3O2/c1-18-11-6-8(2-3-10(11)13)15-12-7-9(16-17)4-5-14-12/h2-7H,1H3,(H2-,14,15,16,17)/q-1. The molecule has 0 spiro atoms. The third kappa shape index (κ3) is 2.67. The van der Waals surface area contributed by atoms with E-state index in [0.29, 0.717) is 17.2 Å². The maximum Gasteiger partial charge on any atom is 0.165 e. The highest BCUT2D eigenvalue weighted by molar-refractivity contribution is 5.62. The highest BCUT2D eigenvalue weighted by Gasteiger charge is 2.04. The van der Waals surface area contributed by atoms with Crippen molar-refractivity contribution in [2.24, 2.45) is 0 Å². The van der Waals surface area contributed by atoms with E-state index in [-0.39, 0.29) is 5.75 Å². The highest BCUT2D eigenvalue weighted by Crippen LogP contribution is 2.24. The predicted octanol–water partition coefficient (Wildman–Crippen LogP) is 2.88. The van der Waals surface area contributed by atoms with E-state index in [0.717, 1.165) is 0 Å². The number of rotatable bonds is 4. The molecular formula is C12H11FN3O2-. The molecule has 0 amide bonds. The Morgan fingerprint density at radius 1 is 1.22 bits per heavy atom. The summed E-state index contributed by atoms with van der Waals surface area (Å²) in [5, 5.41) is 13.4. The summed E-state index contributed by atoms with van der Waals surface area (Å²) >= 11 is 0. The lowest BCUT2D eigenvalue weighted by Gasteiger charge is -2.12. The lowest BCUT2D eigenvalue weighted by atomic mass is 10.3. The van der Waals surface area contributed by atoms with E-state index in [9.17, 15) is 9.60 Å². The molecule has 0 aliphatic rings. The van der Waals surface area contributed by atoms with Gasteiger partial charge in [0.15, 0.2) is 11.6 Å². The summed E-state index contributed by atoms with van der Waals surface area (Å²) in [6.45, 7) is 0. The van der Waals surface area contributed by atoms with Gasteiger partial charge in [0.2, 0.25) is 0 Å². The van der Waals surface area contributed by atoms with E-state index in [2.05, 4.69) is 10.3 Å². The zero-order chi connectivity index (χ0) is 13.0. The van der Waals surface area contributed by atoms with Gasteiger partial charge < -0.3 is 20.7 Å². The number of pyridine rings is 1. The van der Waals surface area contributed by atoms with Crippen LogP contribution in [0.2, 0.25) is 0 Å². The molecule has 94 valence electrons. The van der Waals surface area contributed by atoms with E-state index >= 15 is 0 Å². The maximum atomic E-state index is 13.2. The van der Waals surface area contributed by atoms with E-state index < -0.39 is 5.82 Å². The Morgan fingerprint density at radius 2 is 2.06 bits per heavy atom. The molecule has 0 aliphatic carbocycles. The molecule has 0 aliphatic heterocycles. The van der Waals surface area contributed by atoms with Crippen molar-refractivity contribution in [2.75, 3.05) is 17.9 Å². The number of hydrogen-bond acceptors (Lipinski definition) is 5. The predicted molar refractivity (Wildman–Crippen MR) is 67.5 cm³/mol. The molecule has 0 saturated heterocycles. The number of aromatic nitrogens is 1. The monoisotopic (exact) mass is 248 g/mol. The minimum absolute atomic E-state index is 0.137. The second-order valence-electron chi connectivity index (χ2n) is 3.51. The van der Waals surface area contributed by atoms with Crippen molar-refractivity contribution in [3.63, 3.8) is 0 Å². The summed E-state index contributed by atoms with van der Waals surface area (Å²) < 4.78 is 18.1. The van der Waals surface area contributed by atoms with Gasteiger partial charge in [-0.1, -0.05) is 0 Å². The third-order valence-electron chi connectivity index (χ3n) is 2.30. The number of halogens is 1. The van der Waals surface area contributed by atoms with Gasteiger partial charge >= 0.3 is 0 Å². The molecule has 0 radical (unpaired) electrons. The largest absolute Gasteiger partial charge is 0.761 e. The first-order valence-corrected chi connectivity index (χ1v) is 5.17. The zero-order valence-electron chi connectivity index (χ0n) is 9.61. The van der Waals surface area contributed by atoms with E-state index in [1.807, 2.05) is 0 Å². The summed E-state index contributed by atoms with van der Waals surface area (Å²) in [4.78, 5) is 4.04. The minimum Gasteiger partial charge on any atom is -0.761 e. The smallest absolute Gasteiger partial charge is 0.165 e. The Morgan fingerprint density at radius 3 is 2.78 bits per heavy atom. The molecule has 2 rings (SSSR count). The van der Waals surface area contributed by atoms with Crippen LogP contribution in [0.4, 0.5) is 21.6 Å². The van der Waals surface area contributed by atoms with Crippen LogP contribution >= 0.6 is 0 Å². The summed E-state index contributed by atoms with van der Waals surface area (Å²) in [5.41, 5.74) is 2.78. The molecule has 1 aromatic carbocycles. The van der Waals surface area contributed by atoms with E-state index in [1.165, 1.54) is 25.4 Å². The normalized spacial score (nSPS) is 9.94. The van der Waals surface area contributed by atoms with Gasteiger partial charge in [-0.25, -0.2) is 9.37 Å². The summed E-state index contributed by atoms with van der Waals surface area (Å²) in [6, 6.07) is 7.44. The molecule has 18 heavy (non-hydrogen) atoms. The van der Waals surface area contributed by atoms with Crippen molar-refractivity contribution < 1.29 is 9.13 Å². The topological polar surface area (TPSA) is 69.2 Å². The van der Waals surface area contributed by atoms with Crippen molar-refractivity contribution >= 4 is 17.2 Å². The molecule has 5 nitrogen and oxygen atoms in total. The third-order valence-corrected chi connectivity index (χ3v) is 2.30. The molecular weight excluding hydrogens is 237 g/mol. The average Bonchev–Trinajstić information content (AvgIpc) is 2.41. The van der Waals surface area contributed by atoms with Crippen LogP contribution in [-0.4, -0.2) is 12.1 Å². The first kappa shape index (κ1) is 12.1. The number of nitrogens with zero attached hydrogens (tertiary/aromatic N) is 1. The van der Waals surface area contributed by atoms with Crippen LogP contribution < -0.4 is 15.5 Å². The highest BCUT2D eigenvalue weighted by atomic mass is 19.1. The second kappa shape index (κ2) is 5.33. The SMILES string of the molecule is COc1cc(Nc2cc(N[O-])ccn2)ccc1F. The van der Waals surface area contributed by atoms with Crippen molar-refractivity contribution in [3.8, 4) is 5.75 Å².